The largest absolute Gasteiger partial charge is 0.295 e. The van der Waals surface area contributed by atoms with E-state index >= 15 is 0 Å². The predicted octanol–water partition coefficient (Wildman–Crippen LogP) is 2.68. The number of nitrogens with one attached hydrogen (secondary N) is 1. The number of nitriles is 2. The van der Waals surface area contributed by atoms with E-state index in [0.717, 1.165) is 11.1 Å². The van der Waals surface area contributed by atoms with Crippen molar-refractivity contribution in [2.75, 3.05) is 0 Å². The molecule has 0 fully saturated rings. The second-order valence-corrected chi connectivity index (χ2v) is 4.74. The smallest absolute Gasteiger partial charge is 0.165 e. The molecule has 22 heavy (non-hydrogen) atoms. The van der Waals surface area contributed by atoms with Gasteiger partial charge in [0.15, 0.2) is 6.04 Å². The average Bonchev–Trinajstić information content (AvgIpc) is 2.59. The third-order valence-corrected chi connectivity index (χ3v) is 3.14. The van der Waals surface area contributed by atoms with Crippen LogP contribution in [0.25, 0.3) is 0 Å². The maximum absolute atomic E-state index is 9.27. The second-order valence-electron chi connectivity index (χ2n) is 4.74. The number of nitrogens with zero attached hydrogens (tertiary/aromatic N) is 3. The van der Waals surface area contributed by atoms with Crippen molar-refractivity contribution in [1.29, 1.82) is 10.5 Å². The van der Waals surface area contributed by atoms with Gasteiger partial charge < -0.3 is 0 Å². The van der Waals surface area contributed by atoms with Crippen LogP contribution in [0.2, 0.25) is 0 Å². The van der Waals surface area contributed by atoms with Crippen LogP contribution in [0.3, 0.4) is 0 Å². The Balaban J connectivity index is 2.00. The summed E-state index contributed by atoms with van der Waals surface area (Å²) in [6.07, 6.45) is 1.63. The van der Waals surface area contributed by atoms with Crippen LogP contribution in [0.4, 0.5) is 0 Å². The standard InChI is InChI=1S/C18H16N4/c19-11-17(21-13-15-7-3-1-4-8-15)18(12-20)22-14-16-9-5-2-6-10-16/h1-10,13,17-18,22H,14H2/b21-13+. The van der Waals surface area contributed by atoms with E-state index < -0.39 is 12.1 Å². The van der Waals surface area contributed by atoms with Gasteiger partial charge in [-0.25, -0.2) is 0 Å². The number of hydrogen-bond acceptors (Lipinski definition) is 4. The van der Waals surface area contributed by atoms with E-state index in [1.165, 1.54) is 0 Å². The molecule has 0 heterocycles. The molecule has 2 aromatic carbocycles. The highest BCUT2D eigenvalue weighted by atomic mass is 15.0. The van der Waals surface area contributed by atoms with E-state index in [4.69, 9.17) is 0 Å². The molecule has 2 unspecified atom stereocenters. The van der Waals surface area contributed by atoms with Crippen LogP contribution in [-0.4, -0.2) is 18.3 Å². The summed E-state index contributed by atoms with van der Waals surface area (Å²) in [7, 11) is 0. The summed E-state index contributed by atoms with van der Waals surface area (Å²) in [5.41, 5.74) is 1.97. The van der Waals surface area contributed by atoms with Crippen molar-refractivity contribution in [3.63, 3.8) is 0 Å². The van der Waals surface area contributed by atoms with Crippen molar-refractivity contribution < 1.29 is 0 Å². The van der Waals surface area contributed by atoms with Crippen molar-refractivity contribution in [3.05, 3.63) is 71.8 Å². The van der Waals surface area contributed by atoms with Crippen molar-refractivity contribution in [1.82, 2.24) is 5.32 Å². The van der Waals surface area contributed by atoms with Gasteiger partial charge in [0.1, 0.15) is 6.04 Å². The van der Waals surface area contributed by atoms with E-state index in [-0.39, 0.29) is 0 Å². The summed E-state index contributed by atoms with van der Waals surface area (Å²) in [5, 5.41) is 21.6. The Kier molecular flexibility index (Phi) is 5.87. The van der Waals surface area contributed by atoms with Crippen LogP contribution in [0, 0.1) is 22.7 Å². The maximum atomic E-state index is 9.27. The Labute approximate surface area is 130 Å². The Morgan fingerprint density at radius 1 is 0.955 bits per heavy atom. The van der Waals surface area contributed by atoms with Crippen molar-refractivity contribution >= 4 is 6.21 Å². The van der Waals surface area contributed by atoms with Gasteiger partial charge in [0, 0.05) is 12.8 Å². The van der Waals surface area contributed by atoms with Crippen LogP contribution in [0.1, 0.15) is 11.1 Å². The van der Waals surface area contributed by atoms with E-state index in [1.807, 2.05) is 60.7 Å². The van der Waals surface area contributed by atoms with Crippen LogP contribution >= 0.6 is 0 Å². The summed E-state index contributed by atoms with van der Waals surface area (Å²) in [6.45, 7) is 0.526. The Morgan fingerprint density at radius 3 is 2.18 bits per heavy atom. The molecule has 0 radical (unpaired) electrons. The quantitative estimate of drug-likeness (QED) is 0.831. The molecular formula is C18H16N4. The summed E-state index contributed by atoms with van der Waals surface area (Å²) in [4.78, 5) is 4.22. The van der Waals surface area contributed by atoms with E-state index in [1.54, 1.807) is 6.21 Å². The topological polar surface area (TPSA) is 72.0 Å². The summed E-state index contributed by atoms with van der Waals surface area (Å²) >= 11 is 0. The van der Waals surface area contributed by atoms with Gasteiger partial charge in [-0.1, -0.05) is 60.7 Å². The lowest BCUT2D eigenvalue weighted by Crippen LogP contribution is -2.36. The first-order valence-electron chi connectivity index (χ1n) is 6.98. The maximum Gasteiger partial charge on any atom is 0.165 e. The van der Waals surface area contributed by atoms with Crippen molar-refractivity contribution in [3.8, 4) is 12.1 Å². The molecule has 2 rings (SSSR count). The van der Waals surface area contributed by atoms with Gasteiger partial charge in [-0.3, -0.25) is 10.3 Å². The van der Waals surface area contributed by atoms with Gasteiger partial charge in [-0.15, -0.1) is 0 Å². The highest BCUT2D eigenvalue weighted by Crippen LogP contribution is 2.03. The molecule has 2 atom stereocenters. The van der Waals surface area contributed by atoms with Crippen molar-refractivity contribution in [2.24, 2.45) is 4.99 Å². The number of aliphatic imine (C=N–C) groups is 1. The Morgan fingerprint density at radius 2 is 1.59 bits per heavy atom. The fraction of sp³-hybridized carbons (Fsp3) is 0.167. The van der Waals surface area contributed by atoms with E-state index in [2.05, 4.69) is 22.4 Å². The Bertz CT molecular complexity index is 681. The molecule has 0 bridgehead atoms. The van der Waals surface area contributed by atoms with Crippen LogP contribution in [0.5, 0.6) is 0 Å². The van der Waals surface area contributed by atoms with E-state index in [0.29, 0.717) is 6.54 Å². The molecule has 0 spiro atoms. The molecule has 0 aliphatic carbocycles. The summed E-state index contributed by atoms with van der Waals surface area (Å²) < 4.78 is 0. The second kappa shape index (κ2) is 8.36. The predicted molar refractivity (Wildman–Crippen MR) is 86.1 cm³/mol. The average molecular weight is 288 g/mol. The molecule has 0 aliphatic rings. The molecule has 0 saturated carbocycles. The summed E-state index contributed by atoms with van der Waals surface area (Å²) in [5.74, 6) is 0. The molecule has 0 aromatic heterocycles. The first-order valence-corrected chi connectivity index (χ1v) is 6.98. The van der Waals surface area contributed by atoms with Crippen LogP contribution in [0.15, 0.2) is 65.7 Å². The minimum atomic E-state index is -0.742. The van der Waals surface area contributed by atoms with Crippen LogP contribution < -0.4 is 5.32 Å². The Hall–Kier alpha value is -2.95. The third-order valence-electron chi connectivity index (χ3n) is 3.14. The molecular weight excluding hydrogens is 272 g/mol. The molecule has 4 nitrogen and oxygen atoms in total. The fourth-order valence-corrected chi connectivity index (χ4v) is 1.95. The van der Waals surface area contributed by atoms with Gasteiger partial charge in [0.05, 0.1) is 12.1 Å². The highest BCUT2D eigenvalue weighted by Gasteiger charge is 2.18. The zero-order chi connectivity index (χ0) is 15.6. The molecule has 108 valence electrons. The van der Waals surface area contributed by atoms with Crippen molar-refractivity contribution in [2.45, 2.75) is 18.6 Å². The van der Waals surface area contributed by atoms with Gasteiger partial charge in [-0.05, 0) is 11.1 Å². The highest BCUT2D eigenvalue weighted by molar-refractivity contribution is 5.79. The lowest BCUT2D eigenvalue weighted by molar-refractivity contribution is 0.562. The summed E-state index contributed by atoms with van der Waals surface area (Å²) in [6, 6.07) is 22.1. The number of benzene rings is 2. The van der Waals surface area contributed by atoms with Gasteiger partial charge in [-0.2, -0.15) is 10.5 Å². The number of rotatable bonds is 6. The lowest BCUT2D eigenvalue weighted by atomic mass is 10.1. The molecule has 0 aliphatic heterocycles. The van der Waals surface area contributed by atoms with Gasteiger partial charge >= 0.3 is 0 Å². The van der Waals surface area contributed by atoms with Crippen LogP contribution in [-0.2, 0) is 6.54 Å². The molecule has 2 aromatic rings. The van der Waals surface area contributed by atoms with Gasteiger partial charge in [0.2, 0.25) is 0 Å². The molecule has 0 amide bonds. The zero-order valence-electron chi connectivity index (χ0n) is 12.1. The minimum absolute atomic E-state index is 0.526. The normalized spacial score (nSPS) is 13.2. The molecule has 1 N–H and O–H groups in total. The monoisotopic (exact) mass is 288 g/mol. The zero-order valence-corrected chi connectivity index (χ0v) is 12.1. The molecule has 0 saturated heterocycles. The molecule has 4 heteroatoms. The van der Waals surface area contributed by atoms with Gasteiger partial charge in [0.25, 0.3) is 0 Å². The first kappa shape index (κ1) is 15.4. The number of hydrogen-bond donors (Lipinski definition) is 1. The third kappa shape index (κ3) is 4.56. The SMILES string of the molecule is N#CC(/N=C/c1ccccc1)C(C#N)NCc1ccccc1. The lowest BCUT2D eigenvalue weighted by Gasteiger charge is -2.13. The minimum Gasteiger partial charge on any atom is -0.295 e. The fourth-order valence-electron chi connectivity index (χ4n) is 1.95. The first-order chi connectivity index (χ1) is 10.8. The van der Waals surface area contributed by atoms with E-state index in [9.17, 15) is 10.5 Å².